The number of hydrogen-bond acceptors (Lipinski definition) is 3. The number of furan rings is 1. The number of hydrogen-bond donors (Lipinski definition) is 0. The van der Waals surface area contributed by atoms with Gasteiger partial charge < -0.3 is 9.15 Å². The molecule has 98 valence electrons. The van der Waals surface area contributed by atoms with Gasteiger partial charge in [-0.05, 0) is 31.4 Å². The maximum Gasteiger partial charge on any atom is 0.203 e. The Bertz CT molecular complexity index is 660. The molecule has 4 heteroatoms. The maximum absolute atomic E-state index is 13.6. The van der Waals surface area contributed by atoms with E-state index in [4.69, 9.17) is 9.15 Å². The third-order valence-electron chi connectivity index (χ3n) is 4.18. The minimum atomic E-state index is -0.430. The first-order valence-electron chi connectivity index (χ1n) is 6.60. The number of rotatable bonds is 2. The maximum atomic E-state index is 13.6. The average molecular weight is 260 g/mol. The van der Waals surface area contributed by atoms with E-state index in [1.807, 2.05) is 0 Å². The molecule has 0 radical (unpaired) electrons. The molecular weight excluding hydrogens is 247 g/mol. The van der Waals surface area contributed by atoms with Gasteiger partial charge in [0.2, 0.25) is 5.78 Å². The van der Waals surface area contributed by atoms with Gasteiger partial charge >= 0.3 is 0 Å². The molecule has 2 fully saturated rings. The van der Waals surface area contributed by atoms with Gasteiger partial charge in [-0.15, -0.1) is 0 Å². The standard InChI is InChI=1S/C15H13FO3/c16-11-3-1-2-8-6-13(19-15(8)11)14(17)10-7-9-4-5-12(10)18-9/h1-3,6,9-10,12H,4-5,7H2. The first kappa shape index (κ1) is 11.2. The monoisotopic (exact) mass is 260 g/mol. The van der Waals surface area contributed by atoms with Crippen molar-refractivity contribution < 1.29 is 18.3 Å². The van der Waals surface area contributed by atoms with E-state index in [2.05, 4.69) is 0 Å². The van der Waals surface area contributed by atoms with E-state index in [9.17, 15) is 9.18 Å². The van der Waals surface area contributed by atoms with Gasteiger partial charge in [0.25, 0.3) is 0 Å². The van der Waals surface area contributed by atoms with Crippen molar-refractivity contribution >= 4 is 16.8 Å². The van der Waals surface area contributed by atoms with Crippen LogP contribution < -0.4 is 0 Å². The fraction of sp³-hybridized carbons (Fsp3) is 0.400. The summed E-state index contributed by atoms with van der Waals surface area (Å²) in [6, 6.07) is 6.32. The number of carbonyl (C=O) groups is 1. The van der Waals surface area contributed by atoms with Crippen molar-refractivity contribution in [3.05, 3.63) is 35.8 Å². The summed E-state index contributed by atoms with van der Waals surface area (Å²) in [6.45, 7) is 0. The molecule has 1 aromatic heterocycles. The molecule has 0 N–H and O–H groups in total. The predicted molar refractivity (Wildman–Crippen MR) is 66.5 cm³/mol. The van der Waals surface area contributed by atoms with Gasteiger partial charge in [0.05, 0.1) is 18.1 Å². The normalized spacial score (nSPS) is 29.2. The summed E-state index contributed by atoms with van der Waals surface area (Å²) in [5.41, 5.74) is 0.162. The third kappa shape index (κ3) is 1.63. The van der Waals surface area contributed by atoms with Crippen molar-refractivity contribution in [3.63, 3.8) is 0 Å². The molecule has 2 bridgehead atoms. The molecule has 3 atom stereocenters. The van der Waals surface area contributed by atoms with Crippen LogP contribution in [-0.4, -0.2) is 18.0 Å². The van der Waals surface area contributed by atoms with Crippen molar-refractivity contribution in [2.75, 3.05) is 0 Å². The Morgan fingerprint density at radius 2 is 2.21 bits per heavy atom. The number of ether oxygens (including phenoxy) is 1. The fourth-order valence-electron chi connectivity index (χ4n) is 3.25. The number of fused-ring (bicyclic) bond motifs is 3. The first-order chi connectivity index (χ1) is 9.22. The second-order valence-corrected chi connectivity index (χ2v) is 5.35. The number of halogens is 1. The summed E-state index contributed by atoms with van der Waals surface area (Å²) < 4.78 is 24.6. The van der Waals surface area contributed by atoms with Crippen LogP contribution in [0.2, 0.25) is 0 Å². The quantitative estimate of drug-likeness (QED) is 0.777. The summed E-state index contributed by atoms with van der Waals surface area (Å²) in [5.74, 6) is -0.354. The van der Waals surface area contributed by atoms with Crippen molar-refractivity contribution in [2.24, 2.45) is 5.92 Å². The minimum absolute atomic E-state index is 0.0237. The summed E-state index contributed by atoms with van der Waals surface area (Å²) in [4.78, 5) is 12.4. The minimum Gasteiger partial charge on any atom is -0.450 e. The van der Waals surface area contributed by atoms with E-state index in [1.165, 1.54) is 6.07 Å². The van der Waals surface area contributed by atoms with E-state index in [-0.39, 0.29) is 35.3 Å². The molecule has 2 saturated heterocycles. The SMILES string of the molecule is O=C(c1cc2cccc(F)c2o1)C1CC2CCC1O2. The van der Waals surface area contributed by atoms with E-state index in [0.717, 1.165) is 19.3 Å². The van der Waals surface area contributed by atoms with E-state index < -0.39 is 5.82 Å². The van der Waals surface area contributed by atoms with Crippen LogP contribution in [-0.2, 0) is 4.74 Å². The number of para-hydroxylation sites is 1. The molecular formula is C15H13FO3. The molecule has 2 aliphatic heterocycles. The average Bonchev–Trinajstić information content (AvgIpc) is 3.12. The molecule has 0 saturated carbocycles. The largest absolute Gasteiger partial charge is 0.450 e. The number of benzene rings is 1. The van der Waals surface area contributed by atoms with Crippen LogP contribution in [0.4, 0.5) is 4.39 Å². The summed E-state index contributed by atoms with van der Waals surface area (Å²) in [5, 5.41) is 0.632. The Morgan fingerprint density at radius 3 is 2.89 bits per heavy atom. The number of Topliss-reactive ketones (excluding diaryl/α,β-unsaturated/α-hetero) is 1. The molecule has 0 aliphatic carbocycles. The predicted octanol–water partition coefficient (Wildman–Crippen LogP) is 3.32. The van der Waals surface area contributed by atoms with Gasteiger partial charge in [0.1, 0.15) is 0 Å². The molecule has 4 rings (SSSR count). The Morgan fingerprint density at radius 1 is 1.32 bits per heavy atom. The van der Waals surface area contributed by atoms with Crippen LogP contribution >= 0.6 is 0 Å². The van der Waals surface area contributed by atoms with E-state index in [1.54, 1.807) is 18.2 Å². The van der Waals surface area contributed by atoms with Crippen LogP contribution in [0.1, 0.15) is 29.8 Å². The first-order valence-corrected chi connectivity index (χ1v) is 6.60. The zero-order valence-corrected chi connectivity index (χ0v) is 10.3. The fourth-order valence-corrected chi connectivity index (χ4v) is 3.25. The molecule has 0 amide bonds. The van der Waals surface area contributed by atoms with Crippen LogP contribution in [0.15, 0.2) is 28.7 Å². The number of carbonyl (C=O) groups excluding carboxylic acids is 1. The lowest BCUT2D eigenvalue weighted by atomic mass is 9.85. The van der Waals surface area contributed by atoms with E-state index in [0.29, 0.717) is 5.39 Å². The molecule has 2 aliphatic rings. The summed E-state index contributed by atoms with van der Waals surface area (Å²) in [7, 11) is 0. The van der Waals surface area contributed by atoms with Crippen LogP contribution in [0.3, 0.4) is 0 Å². The highest BCUT2D eigenvalue weighted by atomic mass is 19.1. The van der Waals surface area contributed by atoms with Gasteiger partial charge in [-0.3, -0.25) is 4.79 Å². The van der Waals surface area contributed by atoms with Gasteiger partial charge in [-0.25, -0.2) is 4.39 Å². The van der Waals surface area contributed by atoms with Crippen molar-refractivity contribution in [3.8, 4) is 0 Å². The third-order valence-corrected chi connectivity index (χ3v) is 4.18. The molecule has 3 nitrogen and oxygen atoms in total. The Kier molecular flexibility index (Phi) is 2.30. The molecule has 1 aromatic carbocycles. The lowest BCUT2D eigenvalue weighted by Crippen LogP contribution is -2.25. The van der Waals surface area contributed by atoms with Gasteiger partial charge in [-0.2, -0.15) is 0 Å². The summed E-state index contributed by atoms with van der Waals surface area (Å²) in [6.07, 6.45) is 3.00. The van der Waals surface area contributed by atoms with Crippen LogP contribution in [0, 0.1) is 11.7 Å². The zero-order chi connectivity index (χ0) is 13.0. The Labute approximate surface area is 109 Å². The van der Waals surface area contributed by atoms with Gasteiger partial charge in [0, 0.05) is 5.39 Å². The van der Waals surface area contributed by atoms with Crippen molar-refractivity contribution in [2.45, 2.75) is 31.5 Å². The topological polar surface area (TPSA) is 39.4 Å². The van der Waals surface area contributed by atoms with Crippen LogP contribution in [0.25, 0.3) is 11.0 Å². The smallest absolute Gasteiger partial charge is 0.203 e. The molecule has 3 heterocycles. The number of ketones is 1. The highest BCUT2D eigenvalue weighted by Gasteiger charge is 2.45. The molecule has 19 heavy (non-hydrogen) atoms. The van der Waals surface area contributed by atoms with Gasteiger partial charge in [-0.1, -0.05) is 12.1 Å². The van der Waals surface area contributed by atoms with Crippen molar-refractivity contribution in [1.29, 1.82) is 0 Å². The van der Waals surface area contributed by atoms with E-state index >= 15 is 0 Å². The van der Waals surface area contributed by atoms with Crippen molar-refractivity contribution in [1.82, 2.24) is 0 Å². The van der Waals surface area contributed by atoms with Crippen LogP contribution in [0.5, 0.6) is 0 Å². The molecule has 0 spiro atoms. The lowest BCUT2D eigenvalue weighted by Gasteiger charge is -2.15. The Hall–Kier alpha value is -1.68. The summed E-state index contributed by atoms with van der Waals surface area (Å²) >= 11 is 0. The highest BCUT2D eigenvalue weighted by Crippen LogP contribution is 2.40. The Balaban J connectivity index is 1.70. The second kappa shape index (κ2) is 3.90. The second-order valence-electron chi connectivity index (χ2n) is 5.35. The van der Waals surface area contributed by atoms with Gasteiger partial charge in [0.15, 0.2) is 17.2 Å². The molecule has 3 unspecified atom stereocenters. The lowest BCUT2D eigenvalue weighted by molar-refractivity contribution is 0.0723. The zero-order valence-electron chi connectivity index (χ0n) is 10.3. The molecule has 2 aromatic rings. The highest BCUT2D eigenvalue weighted by molar-refractivity contribution is 5.99.